The largest absolute Gasteiger partial charge is 0.0620 e. The second-order valence-corrected chi connectivity index (χ2v) is 6.92. The maximum Gasteiger partial charge on any atom is 0.0270 e. The molecule has 0 aliphatic heterocycles. The Kier molecular flexibility index (Phi) is 2.09. The summed E-state index contributed by atoms with van der Waals surface area (Å²) in [5, 5.41) is 0. The number of hydrogen-bond acceptors (Lipinski definition) is 0. The van der Waals surface area contributed by atoms with Gasteiger partial charge in [0, 0.05) is 5.41 Å². The summed E-state index contributed by atoms with van der Waals surface area (Å²) in [5.74, 6) is 1.70. The first-order valence-corrected chi connectivity index (χ1v) is 8.07. The molecule has 0 nitrogen and oxygen atoms in total. The molecule has 3 atom stereocenters. The van der Waals surface area contributed by atoms with Gasteiger partial charge in [-0.3, -0.25) is 0 Å². The molecule has 0 saturated heterocycles. The number of hydrogen-bond donors (Lipinski definition) is 0. The Morgan fingerprint density at radius 3 is 1.75 bits per heavy atom. The molecule has 100 valence electrons. The Hall–Kier alpha value is -1.56. The molecule has 2 aromatic carbocycles. The molecule has 20 heavy (non-hydrogen) atoms. The van der Waals surface area contributed by atoms with Crippen LogP contribution in [-0.2, 0) is 18.3 Å². The van der Waals surface area contributed by atoms with Crippen molar-refractivity contribution in [2.75, 3.05) is 0 Å². The van der Waals surface area contributed by atoms with Crippen molar-refractivity contribution >= 4 is 0 Å². The molecular formula is C20H20. The summed E-state index contributed by atoms with van der Waals surface area (Å²) in [4.78, 5) is 0. The Bertz CT molecular complexity index is 622. The third kappa shape index (κ3) is 1.15. The highest BCUT2D eigenvalue weighted by Gasteiger charge is 2.57. The van der Waals surface area contributed by atoms with Gasteiger partial charge in [-0.05, 0) is 59.8 Å². The van der Waals surface area contributed by atoms with Crippen LogP contribution in [0.25, 0.3) is 0 Å². The summed E-state index contributed by atoms with van der Waals surface area (Å²) in [7, 11) is 0. The monoisotopic (exact) mass is 260 g/mol. The van der Waals surface area contributed by atoms with Crippen LogP contribution in [0.1, 0.15) is 41.5 Å². The standard InChI is InChI=1S/C20H20/c1-3-10-18-14(6-1)12-16-8-5-9-17-13-15-7-2-4-11-19(15)20(16,17)18/h1-4,6-7,10-11,16-17H,5,8-9,12-13H2/t16-,17?,20?/m1/s1. The summed E-state index contributed by atoms with van der Waals surface area (Å²) < 4.78 is 0. The highest BCUT2D eigenvalue weighted by Crippen LogP contribution is 2.62. The number of benzene rings is 2. The van der Waals surface area contributed by atoms with E-state index in [2.05, 4.69) is 48.5 Å². The SMILES string of the molecule is c1ccc2c(c1)CC1CCC[C@@H]3Cc4ccccc4C213. The zero-order valence-corrected chi connectivity index (χ0v) is 11.8. The molecule has 1 spiro atoms. The van der Waals surface area contributed by atoms with Crippen LogP contribution in [0.4, 0.5) is 0 Å². The Balaban J connectivity index is 1.85. The van der Waals surface area contributed by atoms with Gasteiger partial charge in [-0.2, -0.15) is 0 Å². The summed E-state index contributed by atoms with van der Waals surface area (Å²) in [6.45, 7) is 0. The molecule has 0 N–H and O–H groups in total. The van der Waals surface area contributed by atoms with E-state index in [0.717, 1.165) is 11.8 Å². The molecule has 1 saturated carbocycles. The lowest BCUT2D eigenvalue weighted by atomic mass is 9.59. The summed E-state index contributed by atoms with van der Waals surface area (Å²) in [6, 6.07) is 18.6. The van der Waals surface area contributed by atoms with E-state index in [1.165, 1.54) is 32.1 Å². The Morgan fingerprint density at radius 1 is 0.700 bits per heavy atom. The molecule has 0 radical (unpaired) electrons. The molecule has 2 unspecified atom stereocenters. The molecular weight excluding hydrogens is 240 g/mol. The van der Waals surface area contributed by atoms with E-state index < -0.39 is 0 Å². The molecule has 3 aliphatic rings. The molecule has 5 rings (SSSR count). The van der Waals surface area contributed by atoms with Crippen molar-refractivity contribution in [2.24, 2.45) is 11.8 Å². The minimum absolute atomic E-state index is 0.367. The second-order valence-electron chi connectivity index (χ2n) is 6.92. The highest BCUT2D eigenvalue weighted by atomic mass is 14.6. The van der Waals surface area contributed by atoms with E-state index in [9.17, 15) is 0 Å². The van der Waals surface area contributed by atoms with Gasteiger partial charge in [-0.15, -0.1) is 0 Å². The van der Waals surface area contributed by atoms with Gasteiger partial charge in [0.15, 0.2) is 0 Å². The van der Waals surface area contributed by atoms with Gasteiger partial charge in [0.25, 0.3) is 0 Å². The summed E-state index contributed by atoms with van der Waals surface area (Å²) in [6.07, 6.45) is 6.88. The molecule has 0 amide bonds. The van der Waals surface area contributed by atoms with Crippen LogP contribution in [0, 0.1) is 11.8 Å². The topological polar surface area (TPSA) is 0 Å². The summed E-state index contributed by atoms with van der Waals surface area (Å²) >= 11 is 0. The zero-order chi connectivity index (χ0) is 13.2. The summed E-state index contributed by atoms with van der Waals surface area (Å²) in [5.41, 5.74) is 6.95. The lowest BCUT2D eigenvalue weighted by Gasteiger charge is -2.43. The van der Waals surface area contributed by atoms with Crippen LogP contribution >= 0.6 is 0 Å². The van der Waals surface area contributed by atoms with Crippen molar-refractivity contribution < 1.29 is 0 Å². The highest BCUT2D eigenvalue weighted by molar-refractivity contribution is 5.56. The number of rotatable bonds is 0. The fourth-order valence-electron chi connectivity index (χ4n) is 5.68. The molecule has 0 aromatic heterocycles. The zero-order valence-electron chi connectivity index (χ0n) is 11.8. The molecule has 0 heteroatoms. The molecule has 2 aromatic rings. The van der Waals surface area contributed by atoms with Gasteiger partial charge < -0.3 is 0 Å². The smallest absolute Gasteiger partial charge is 0.0270 e. The van der Waals surface area contributed by atoms with E-state index in [4.69, 9.17) is 0 Å². The third-order valence-electron chi connectivity index (χ3n) is 6.25. The van der Waals surface area contributed by atoms with Crippen LogP contribution in [0.15, 0.2) is 48.5 Å². The van der Waals surface area contributed by atoms with Gasteiger partial charge in [0.05, 0.1) is 0 Å². The van der Waals surface area contributed by atoms with Gasteiger partial charge in [0.1, 0.15) is 0 Å². The van der Waals surface area contributed by atoms with E-state index in [1.54, 1.807) is 22.3 Å². The molecule has 0 heterocycles. The minimum Gasteiger partial charge on any atom is -0.0620 e. The predicted molar refractivity (Wildman–Crippen MR) is 81.9 cm³/mol. The van der Waals surface area contributed by atoms with E-state index >= 15 is 0 Å². The fourth-order valence-corrected chi connectivity index (χ4v) is 5.68. The van der Waals surface area contributed by atoms with Crippen molar-refractivity contribution in [3.05, 3.63) is 70.8 Å². The van der Waals surface area contributed by atoms with Crippen molar-refractivity contribution in [3.8, 4) is 0 Å². The van der Waals surface area contributed by atoms with Gasteiger partial charge in [0.2, 0.25) is 0 Å². The maximum atomic E-state index is 2.43. The first-order valence-electron chi connectivity index (χ1n) is 8.07. The second kappa shape index (κ2) is 3.75. The lowest BCUT2D eigenvalue weighted by Crippen LogP contribution is -2.40. The molecule has 1 fully saturated rings. The Labute approximate surface area is 120 Å². The van der Waals surface area contributed by atoms with Crippen molar-refractivity contribution in [2.45, 2.75) is 37.5 Å². The lowest BCUT2D eigenvalue weighted by molar-refractivity contribution is 0.176. The van der Waals surface area contributed by atoms with E-state index in [1.807, 2.05) is 0 Å². The van der Waals surface area contributed by atoms with Crippen LogP contribution in [0.2, 0.25) is 0 Å². The molecule has 3 aliphatic carbocycles. The molecule has 0 bridgehead atoms. The average Bonchev–Trinajstić information content (AvgIpc) is 3.01. The quantitative estimate of drug-likeness (QED) is 0.654. The van der Waals surface area contributed by atoms with Crippen LogP contribution in [0.5, 0.6) is 0 Å². The Morgan fingerprint density at radius 2 is 1.20 bits per heavy atom. The first-order chi connectivity index (χ1) is 9.90. The number of fused-ring (bicyclic) bond motifs is 2. The van der Waals surface area contributed by atoms with Crippen molar-refractivity contribution in [1.82, 2.24) is 0 Å². The van der Waals surface area contributed by atoms with Gasteiger partial charge in [-0.1, -0.05) is 55.0 Å². The average molecular weight is 260 g/mol. The van der Waals surface area contributed by atoms with E-state index in [-0.39, 0.29) is 0 Å². The van der Waals surface area contributed by atoms with E-state index in [0.29, 0.717) is 5.41 Å². The van der Waals surface area contributed by atoms with Crippen molar-refractivity contribution in [3.63, 3.8) is 0 Å². The van der Waals surface area contributed by atoms with Crippen LogP contribution in [0.3, 0.4) is 0 Å². The van der Waals surface area contributed by atoms with Gasteiger partial charge in [-0.25, -0.2) is 0 Å². The minimum atomic E-state index is 0.367. The van der Waals surface area contributed by atoms with Gasteiger partial charge >= 0.3 is 0 Å². The van der Waals surface area contributed by atoms with Crippen LogP contribution < -0.4 is 0 Å². The van der Waals surface area contributed by atoms with Crippen LogP contribution in [-0.4, -0.2) is 0 Å². The third-order valence-corrected chi connectivity index (χ3v) is 6.25. The maximum absolute atomic E-state index is 2.43. The predicted octanol–water partition coefficient (Wildman–Crippen LogP) is 4.50. The normalized spacial score (nSPS) is 33.2. The fraction of sp³-hybridized carbons (Fsp3) is 0.400. The first kappa shape index (κ1) is 11.1. The van der Waals surface area contributed by atoms with Crippen molar-refractivity contribution in [1.29, 1.82) is 0 Å².